The third-order valence-corrected chi connectivity index (χ3v) is 5.94. The lowest BCUT2D eigenvalue weighted by Crippen LogP contribution is -2.15. The molecule has 1 aromatic carbocycles. The summed E-state index contributed by atoms with van der Waals surface area (Å²) in [5.74, 6) is -7.47. The average Bonchev–Trinajstić information content (AvgIpc) is 2.14. The molecule has 0 fully saturated rings. The van der Waals surface area contributed by atoms with E-state index in [1.165, 1.54) is 0 Å². The molecule has 0 saturated heterocycles. The highest BCUT2D eigenvalue weighted by Gasteiger charge is 2.33. The van der Waals surface area contributed by atoms with Gasteiger partial charge in [-0.15, -0.1) is 0 Å². The molecule has 0 radical (unpaired) electrons. The Morgan fingerprint density at radius 1 is 1.00 bits per heavy atom. The fourth-order valence-corrected chi connectivity index (χ4v) is 2.88. The average molecular weight is 386 g/mol. The van der Waals surface area contributed by atoms with Gasteiger partial charge in [-0.25, -0.2) is 26.0 Å². The normalized spacial score (nSPS) is 12.2. The highest BCUT2D eigenvalue weighted by Crippen LogP contribution is 2.31. The van der Waals surface area contributed by atoms with E-state index >= 15 is 0 Å². The van der Waals surface area contributed by atoms with E-state index in [0.717, 1.165) is 0 Å². The zero-order valence-corrected chi connectivity index (χ0v) is 11.1. The maximum absolute atomic E-state index is 13.1. The molecule has 0 N–H and O–H groups in total. The molecule has 0 aromatic heterocycles. The van der Waals surface area contributed by atoms with E-state index in [0.29, 0.717) is 0 Å². The maximum Gasteiger partial charge on any atom is 0.207 e. The molecule has 0 atom stereocenters. The van der Waals surface area contributed by atoms with Crippen molar-refractivity contribution in [3.8, 4) is 0 Å². The van der Waals surface area contributed by atoms with Gasteiger partial charge in [0.2, 0.25) is 9.84 Å². The van der Waals surface area contributed by atoms with E-state index in [2.05, 4.69) is 31.9 Å². The Morgan fingerprint density at radius 3 is 1.69 bits per heavy atom. The molecular formula is C7H2Br2F4O2S. The van der Waals surface area contributed by atoms with Gasteiger partial charge in [-0.05, 0) is 0 Å². The van der Waals surface area contributed by atoms with Gasteiger partial charge in [-0.2, -0.15) is 0 Å². The second-order valence-corrected chi connectivity index (χ2v) is 8.84. The Hall–Kier alpha value is -0.150. The van der Waals surface area contributed by atoms with Gasteiger partial charge in [0, 0.05) is 6.07 Å². The van der Waals surface area contributed by atoms with Crippen LogP contribution in [-0.4, -0.2) is 11.5 Å². The maximum atomic E-state index is 13.1. The van der Waals surface area contributed by atoms with Crippen molar-refractivity contribution in [3.63, 3.8) is 0 Å². The fourth-order valence-electron chi connectivity index (χ4n) is 0.890. The predicted molar refractivity (Wildman–Crippen MR) is 55.1 cm³/mol. The number of halogens is 6. The SMILES string of the molecule is O=S(=O)(c1c(F)c(F)cc(F)c1F)C(Br)Br. The van der Waals surface area contributed by atoms with Crippen molar-refractivity contribution in [3.05, 3.63) is 29.3 Å². The molecule has 0 unspecified atom stereocenters. The second-order valence-electron chi connectivity index (χ2n) is 2.60. The Bertz CT molecular complexity index is 503. The zero-order chi connectivity index (χ0) is 12.7. The van der Waals surface area contributed by atoms with E-state index in [-0.39, 0.29) is 6.07 Å². The van der Waals surface area contributed by atoms with Crippen molar-refractivity contribution in [1.29, 1.82) is 0 Å². The molecule has 0 spiro atoms. The standard InChI is InChI=1S/C7H2Br2F4O2S/c8-7(9)16(14,15)6-4(12)2(10)1-3(11)5(6)13/h1,7H. The van der Waals surface area contributed by atoms with Crippen LogP contribution in [0.2, 0.25) is 0 Å². The Labute approximate surface area is 105 Å². The molecule has 16 heavy (non-hydrogen) atoms. The van der Waals surface area contributed by atoms with Crippen LogP contribution in [0, 0.1) is 23.3 Å². The highest BCUT2D eigenvalue weighted by atomic mass is 79.9. The number of hydrogen-bond acceptors (Lipinski definition) is 2. The second kappa shape index (κ2) is 4.61. The van der Waals surface area contributed by atoms with Crippen LogP contribution in [0.15, 0.2) is 11.0 Å². The topological polar surface area (TPSA) is 34.1 Å². The predicted octanol–water partition coefficient (Wildman–Crippen LogP) is 3.09. The minimum atomic E-state index is -4.58. The van der Waals surface area contributed by atoms with E-state index in [1.54, 1.807) is 0 Å². The largest absolute Gasteiger partial charge is 0.221 e. The van der Waals surface area contributed by atoms with Crippen LogP contribution >= 0.6 is 31.9 Å². The van der Waals surface area contributed by atoms with Crippen molar-refractivity contribution >= 4 is 41.7 Å². The van der Waals surface area contributed by atoms with Crippen molar-refractivity contribution in [1.82, 2.24) is 0 Å². The van der Waals surface area contributed by atoms with E-state index in [1.807, 2.05) is 0 Å². The van der Waals surface area contributed by atoms with E-state index < -0.39 is 41.1 Å². The summed E-state index contributed by atoms with van der Waals surface area (Å²) < 4.78 is 72.9. The molecule has 2 nitrogen and oxygen atoms in total. The summed E-state index contributed by atoms with van der Waals surface area (Å²) in [4.78, 5) is -1.65. The molecule has 0 aliphatic carbocycles. The van der Waals surface area contributed by atoms with Crippen molar-refractivity contribution in [2.45, 2.75) is 7.96 Å². The van der Waals surface area contributed by atoms with Gasteiger partial charge < -0.3 is 0 Å². The first-order valence-electron chi connectivity index (χ1n) is 3.54. The van der Waals surface area contributed by atoms with Gasteiger partial charge in [-0.3, -0.25) is 0 Å². The van der Waals surface area contributed by atoms with Crippen LogP contribution < -0.4 is 0 Å². The van der Waals surface area contributed by atoms with Gasteiger partial charge in [0.05, 0.1) is 0 Å². The van der Waals surface area contributed by atoms with Crippen molar-refractivity contribution in [2.24, 2.45) is 0 Å². The number of alkyl halides is 2. The third kappa shape index (κ3) is 2.25. The monoisotopic (exact) mass is 384 g/mol. The summed E-state index contributed by atoms with van der Waals surface area (Å²) in [6.45, 7) is 0. The van der Waals surface area contributed by atoms with Gasteiger partial charge >= 0.3 is 0 Å². The Morgan fingerprint density at radius 2 is 1.38 bits per heavy atom. The molecule has 0 saturated carbocycles. The summed E-state index contributed by atoms with van der Waals surface area (Å²) in [5.41, 5.74) is 0. The lowest BCUT2D eigenvalue weighted by molar-refractivity contribution is 0.419. The lowest BCUT2D eigenvalue weighted by Gasteiger charge is -2.08. The molecule has 0 heterocycles. The summed E-state index contributed by atoms with van der Waals surface area (Å²) in [6, 6.07) is -0.0683. The first-order valence-corrected chi connectivity index (χ1v) is 6.92. The zero-order valence-electron chi connectivity index (χ0n) is 7.15. The number of rotatable bonds is 2. The molecular weight excluding hydrogens is 384 g/mol. The first-order chi connectivity index (χ1) is 7.19. The van der Waals surface area contributed by atoms with Crippen LogP contribution in [0.3, 0.4) is 0 Å². The summed E-state index contributed by atoms with van der Waals surface area (Å²) in [6.07, 6.45) is 0. The van der Waals surface area contributed by atoms with Gasteiger partial charge in [0.25, 0.3) is 0 Å². The quantitative estimate of drug-likeness (QED) is 0.445. The molecule has 0 amide bonds. The minimum Gasteiger partial charge on any atom is -0.221 e. The van der Waals surface area contributed by atoms with Crippen LogP contribution in [0.4, 0.5) is 17.6 Å². The third-order valence-electron chi connectivity index (χ3n) is 1.59. The van der Waals surface area contributed by atoms with Crippen LogP contribution in [0.5, 0.6) is 0 Å². The summed E-state index contributed by atoms with van der Waals surface area (Å²) in [7, 11) is -4.58. The molecule has 0 aliphatic rings. The van der Waals surface area contributed by atoms with E-state index in [9.17, 15) is 26.0 Å². The van der Waals surface area contributed by atoms with Gasteiger partial charge in [0.15, 0.2) is 26.3 Å². The molecule has 1 aromatic rings. The smallest absolute Gasteiger partial charge is 0.207 e. The van der Waals surface area contributed by atoms with Crippen molar-refractivity contribution < 1.29 is 26.0 Å². The Balaban J connectivity index is 3.70. The summed E-state index contributed by atoms with van der Waals surface area (Å²) >= 11 is 5.00. The summed E-state index contributed by atoms with van der Waals surface area (Å²) in [5, 5.41) is 0. The van der Waals surface area contributed by atoms with Gasteiger partial charge in [-0.1, -0.05) is 31.9 Å². The van der Waals surface area contributed by atoms with Crippen molar-refractivity contribution in [2.75, 3.05) is 0 Å². The number of hydrogen-bond donors (Lipinski definition) is 0. The molecule has 90 valence electrons. The molecule has 1 rings (SSSR count). The van der Waals surface area contributed by atoms with Crippen LogP contribution in [0.25, 0.3) is 0 Å². The Kier molecular flexibility index (Phi) is 4.01. The molecule has 0 aliphatic heterocycles. The number of sulfone groups is 1. The lowest BCUT2D eigenvalue weighted by atomic mass is 10.3. The van der Waals surface area contributed by atoms with Crippen LogP contribution in [0.1, 0.15) is 0 Å². The van der Waals surface area contributed by atoms with Gasteiger partial charge in [0.1, 0.15) is 4.90 Å². The fraction of sp³-hybridized carbons (Fsp3) is 0.143. The molecule has 0 bridgehead atoms. The van der Waals surface area contributed by atoms with E-state index in [4.69, 9.17) is 0 Å². The first kappa shape index (κ1) is 13.9. The minimum absolute atomic E-state index is 0.0683. The highest BCUT2D eigenvalue weighted by molar-refractivity contribution is 9.27. The molecule has 9 heteroatoms. The number of benzene rings is 1. The van der Waals surface area contributed by atoms with Crippen LogP contribution in [-0.2, 0) is 9.84 Å².